The predicted molar refractivity (Wildman–Crippen MR) is 77.8 cm³/mol. The second-order valence-electron chi connectivity index (χ2n) is 4.14. The van der Waals surface area contributed by atoms with Crippen molar-refractivity contribution in [1.82, 2.24) is 9.88 Å². The van der Waals surface area contributed by atoms with E-state index in [0.29, 0.717) is 24.8 Å². The van der Waals surface area contributed by atoms with Crippen molar-refractivity contribution >= 4 is 17.4 Å². The van der Waals surface area contributed by atoms with Gasteiger partial charge >= 0.3 is 0 Å². The van der Waals surface area contributed by atoms with Gasteiger partial charge in [-0.1, -0.05) is 11.6 Å². The van der Waals surface area contributed by atoms with Gasteiger partial charge < -0.3 is 14.8 Å². The summed E-state index contributed by atoms with van der Waals surface area (Å²) in [5.74, 6) is 0.817. The Balaban J connectivity index is 2.70. The lowest BCUT2D eigenvalue weighted by Gasteiger charge is -2.21. The lowest BCUT2D eigenvalue weighted by Crippen LogP contribution is -2.30. The average Bonchev–Trinajstić information content (AvgIpc) is 2.43. The molecule has 1 rings (SSSR count). The first kappa shape index (κ1) is 16.2. The van der Waals surface area contributed by atoms with Crippen LogP contribution < -0.4 is 5.32 Å². The summed E-state index contributed by atoms with van der Waals surface area (Å²) in [5.41, 5.74) is 0.862. The third kappa shape index (κ3) is 5.74. The minimum Gasteiger partial charge on any atom is -0.383 e. The van der Waals surface area contributed by atoms with E-state index in [4.69, 9.17) is 21.1 Å². The molecule has 0 radical (unpaired) electrons. The minimum absolute atomic E-state index is 0.674. The van der Waals surface area contributed by atoms with Gasteiger partial charge in [-0.15, -0.1) is 0 Å². The van der Waals surface area contributed by atoms with E-state index in [1.165, 1.54) is 0 Å². The Kier molecular flexibility index (Phi) is 7.74. The van der Waals surface area contributed by atoms with Gasteiger partial charge in [0.25, 0.3) is 0 Å². The fourth-order valence-electron chi connectivity index (χ4n) is 1.66. The quantitative estimate of drug-likeness (QED) is 0.751. The molecule has 0 aliphatic carbocycles. The maximum atomic E-state index is 6.19. The average molecular weight is 288 g/mol. The number of ether oxygens (including phenoxy) is 2. The Morgan fingerprint density at radius 2 is 1.84 bits per heavy atom. The van der Waals surface area contributed by atoms with Crippen LogP contribution in [0.2, 0.25) is 5.02 Å². The molecule has 0 amide bonds. The summed E-state index contributed by atoms with van der Waals surface area (Å²) in [7, 11) is 5.23. The highest BCUT2D eigenvalue weighted by molar-refractivity contribution is 6.31. The second-order valence-corrected chi connectivity index (χ2v) is 4.54. The van der Waals surface area contributed by atoms with Crippen molar-refractivity contribution in [3.63, 3.8) is 0 Å². The van der Waals surface area contributed by atoms with Crippen molar-refractivity contribution in [2.75, 3.05) is 52.9 Å². The normalized spacial score (nSPS) is 11.0. The maximum Gasteiger partial charge on any atom is 0.126 e. The summed E-state index contributed by atoms with van der Waals surface area (Å²) in [6.45, 7) is 3.67. The van der Waals surface area contributed by atoms with Crippen LogP contribution in [0.15, 0.2) is 12.1 Å². The molecule has 108 valence electrons. The molecule has 0 fully saturated rings. The van der Waals surface area contributed by atoms with Gasteiger partial charge in [-0.3, -0.25) is 4.90 Å². The number of anilines is 1. The molecule has 6 heteroatoms. The summed E-state index contributed by atoms with van der Waals surface area (Å²) < 4.78 is 10.2. The van der Waals surface area contributed by atoms with Gasteiger partial charge in [0.15, 0.2) is 0 Å². The minimum atomic E-state index is 0.674. The third-order valence-corrected chi connectivity index (χ3v) is 3.12. The molecule has 1 aromatic rings. The van der Waals surface area contributed by atoms with Crippen molar-refractivity contribution < 1.29 is 9.47 Å². The molecule has 0 saturated carbocycles. The molecule has 1 heterocycles. The Morgan fingerprint density at radius 3 is 2.37 bits per heavy atom. The van der Waals surface area contributed by atoms with E-state index in [9.17, 15) is 0 Å². The van der Waals surface area contributed by atoms with Gasteiger partial charge in [0, 0.05) is 40.9 Å². The van der Waals surface area contributed by atoms with E-state index in [1.807, 2.05) is 19.2 Å². The van der Waals surface area contributed by atoms with Crippen molar-refractivity contribution in [3.8, 4) is 0 Å². The molecule has 0 aliphatic heterocycles. The van der Waals surface area contributed by atoms with E-state index < -0.39 is 0 Å². The third-order valence-electron chi connectivity index (χ3n) is 2.77. The molecule has 0 atom stereocenters. The predicted octanol–water partition coefficient (Wildman–Crippen LogP) is 1.87. The van der Waals surface area contributed by atoms with Gasteiger partial charge in [0.05, 0.1) is 23.9 Å². The van der Waals surface area contributed by atoms with E-state index in [2.05, 4.69) is 15.2 Å². The summed E-state index contributed by atoms with van der Waals surface area (Å²) in [6.07, 6.45) is 0. The summed E-state index contributed by atoms with van der Waals surface area (Å²) in [5, 5.41) is 3.70. The lowest BCUT2D eigenvalue weighted by molar-refractivity contribution is 0.109. The molecule has 1 aromatic heterocycles. The van der Waals surface area contributed by atoms with Gasteiger partial charge in [-0.2, -0.15) is 0 Å². The van der Waals surface area contributed by atoms with Gasteiger partial charge in [0.1, 0.15) is 5.82 Å². The molecule has 19 heavy (non-hydrogen) atoms. The number of hydrogen-bond donors (Lipinski definition) is 1. The first-order valence-electron chi connectivity index (χ1n) is 6.24. The van der Waals surface area contributed by atoms with Crippen LogP contribution in [0.4, 0.5) is 5.82 Å². The lowest BCUT2D eigenvalue weighted by atomic mass is 10.3. The summed E-state index contributed by atoms with van der Waals surface area (Å²) in [6, 6.07) is 3.72. The topological polar surface area (TPSA) is 46.6 Å². The molecule has 0 unspecified atom stereocenters. The SMILES string of the molecule is CNc1ccc(Cl)c(CN(CCOC)CCOC)n1. The Morgan fingerprint density at radius 1 is 1.21 bits per heavy atom. The largest absolute Gasteiger partial charge is 0.383 e. The van der Waals surface area contributed by atoms with Crippen LogP contribution in [0.5, 0.6) is 0 Å². The number of nitrogens with one attached hydrogen (secondary N) is 1. The molecule has 0 aromatic carbocycles. The van der Waals surface area contributed by atoms with Gasteiger partial charge in [0.2, 0.25) is 0 Å². The van der Waals surface area contributed by atoms with Crippen LogP contribution in [0, 0.1) is 0 Å². The molecule has 1 N–H and O–H groups in total. The van der Waals surface area contributed by atoms with Crippen molar-refractivity contribution in [2.24, 2.45) is 0 Å². The van der Waals surface area contributed by atoms with Crippen LogP contribution in [0.25, 0.3) is 0 Å². The van der Waals surface area contributed by atoms with E-state index in [1.54, 1.807) is 14.2 Å². The van der Waals surface area contributed by atoms with E-state index in [0.717, 1.165) is 24.6 Å². The smallest absolute Gasteiger partial charge is 0.126 e. The number of aromatic nitrogens is 1. The zero-order chi connectivity index (χ0) is 14.1. The second kappa shape index (κ2) is 9.09. The zero-order valence-corrected chi connectivity index (χ0v) is 12.5. The summed E-state index contributed by atoms with van der Waals surface area (Å²) >= 11 is 6.19. The van der Waals surface area contributed by atoms with Crippen LogP contribution in [0.3, 0.4) is 0 Å². The zero-order valence-electron chi connectivity index (χ0n) is 11.8. The molecule has 0 aliphatic rings. The number of pyridine rings is 1. The number of nitrogens with zero attached hydrogens (tertiary/aromatic N) is 2. The number of hydrogen-bond acceptors (Lipinski definition) is 5. The Labute approximate surface area is 119 Å². The fraction of sp³-hybridized carbons (Fsp3) is 0.615. The Bertz CT molecular complexity index is 369. The first-order chi connectivity index (χ1) is 9.21. The highest BCUT2D eigenvalue weighted by Gasteiger charge is 2.10. The van der Waals surface area contributed by atoms with E-state index >= 15 is 0 Å². The maximum absolute atomic E-state index is 6.19. The van der Waals surface area contributed by atoms with Crippen LogP contribution in [-0.2, 0) is 16.0 Å². The van der Waals surface area contributed by atoms with Crippen LogP contribution >= 0.6 is 11.6 Å². The molecule has 0 bridgehead atoms. The van der Waals surface area contributed by atoms with Gasteiger partial charge in [-0.05, 0) is 12.1 Å². The monoisotopic (exact) mass is 287 g/mol. The van der Waals surface area contributed by atoms with E-state index in [-0.39, 0.29) is 0 Å². The van der Waals surface area contributed by atoms with Crippen LogP contribution in [-0.4, -0.2) is 57.5 Å². The molecule has 0 spiro atoms. The highest BCUT2D eigenvalue weighted by atomic mass is 35.5. The van der Waals surface area contributed by atoms with Gasteiger partial charge in [-0.25, -0.2) is 4.98 Å². The van der Waals surface area contributed by atoms with Crippen molar-refractivity contribution in [3.05, 3.63) is 22.8 Å². The standard InChI is InChI=1S/C13H22ClN3O2/c1-15-13-5-4-11(14)12(16-13)10-17(6-8-18-2)7-9-19-3/h4-5H,6-10H2,1-3H3,(H,15,16). The Hall–Kier alpha value is -0.880. The molecular weight excluding hydrogens is 266 g/mol. The molecular formula is C13H22ClN3O2. The first-order valence-corrected chi connectivity index (χ1v) is 6.62. The highest BCUT2D eigenvalue weighted by Crippen LogP contribution is 2.18. The number of rotatable bonds is 9. The summed E-state index contributed by atoms with van der Waals surface area (Å²) in [4.78, 5) is 6.69. The molecule has 0 saturated heterocycles. The van der Waals surface area contributed by atoms with Crippen molar-refractivity contribution in [2.45, 2.75) is 6.54 Å². The number of halogens is 1. The van der Waals surface area contributed by atoms with Crippen LogP contribution in [0.1, 0.15) is 5.69 Å². The molecule has 5 nitrogen and oxygen atoms in total. The number of methoxy groups -OCH3 is 2. The fourth-order valence-corrected chi connectivity index (χ4v) is 1.82. The van der Waals surface area contributed by atoms with Crippen molar-refractivity contribution in [1.29, 1.82) is 0 Å².